The Labute approximate surface area is 112 Å². The van der Waals surface area contributed by atoms with E-state index in [0.29, 0.717) is 0 Å². The summed E-state index contributed by atoms with van der Waals surface area (Å²) in [6.07, 6.45) is 0.892. The molecule has 1 N–H and O–H groups in total. The first kappa shape index (κ1) is 12.0. The summed E-state index contributed by atoms with van der Waals surface area (Å²) in [5.41, 5.74) is 4.66. The Hall–Kier alpha value is -2.03. The molecular weight excluding hydrogens is 241 g/mol. The first-order valence-corrected chi connectivity index (χ1v) is 6.37. The molecule has 0 bridgehead atoms. The highest BCUT2D eigenvalue weighted by Gasteiger charge is 2.23. The Morgan fingerprint density at radius 2 is 2.11 bits per heavy atom. The van der Waals surface area contributed by atoms with Crippen molar-refractivity contribution >= 4 is 5.69 Å². The predicted molar refractivity (Wildman–Crippen MR) is 74.2 cm³/mol. The zero-order valence-electron chi connectivity index (χ0n) is 11.0. The summed E-state index contributed by atoms with van der Waals surface area (Å²) < 4.78 is 18.7. The molecule has 3 heteroatoms. The van der Waals surface area contributed by atoms with Crippen LogP contribution in [0, 0.1) is 12.7 Å². The highest BCUT2D eigenvalue weighted by Crippen LogP contribution is 2.37. The lowest BCUT2D eigenvalue weighted by molar-refractivity contribution is 0.386. The maximum atomic E-state index is 13.8. The van der Waals surface area contributed by atoms with Crippen molar-refractivity contribution in [1.29, 1.82) is 0 Å². The molecule has 1 heterocycles. The van der Waals surface area contributed by atoms with Crippen LogP contribution in [0.25, 0.3) is 0 Å². The van der Waals surface area contributed by atoms with Gasteiger partial charge in [0.1, 0.15) is 0 Å². The molecule has 0 fully saturated rings. The summed E-state index contributed by atoms with van der Waals surface area (Å²) in [4.78, 5) is 0. The summed E-state index contributed by atoms with van der Waals surface area (Å²) in [5, 5.41) is 3.48. The van der Waals surface area contributed by atoms with Gasteiger partial charge in [-0.25, -0.2) is 4.39 Å². The Morgan fingerprint density at radius 1 is 1.26 bits per heavy atom. The number of anilines is 1. The van der Waals surface area contributed by atoms with Crippen LogP contribution in [0.3, 0.4) is 0 Å². The predicted octanol–water partition coefficient (Wildman–Crippen LogP) is 3.85. The first-order valence-electron chi connectivity index (χ1n) is 6.37. The van der Waals surface area contributed by atoms with Gasteiger partial charge >= 0.3 is 0 Å². The molecule has 19 heavy (non-hydrogen) atoms. The number of nitrogens with one attached hydrogen (secondary N) is 1. The average molecular weight is 257 g/mol. The smallest absolute Gasteiger partial charge is 0.165 e. The number of para-hydroxylation sites is 1. The van der Waals surface area contributed by atoms with E-state index < -0.39 is 0 Å². The van der Waals surface area contributed by atoms with Gasteiger partial charge in [0.25, 0.3) is 0 Å². The van der Waals surface area contributed by atoms with Crippen LogP contribution in [0.1, 0.15) is 22.7 Å². The number of ether oxygens (including phenoxy) is 1. The molecule has 3 rings (SSSR count). The number of rotatable bonds is 2. The van der Waals surface area contributed by atoms with Crippen molar-refractivity contribution in [2.75, 3.05) is 12.4 Å². The van der Waals surface area contributed by atoms with E-state index >= 15 is 0 Å². The zero-order chi connectivity index (χ0) is 13.4. The highest BCUT2D eigenvalue weighted by atomic mass is 19.1. The number of halogens is 1. The van der Waals surface area contributed by atoms with Crippen molar-refractivity contribution in [1.82, 2.24) is 0 Å². The van der Waals surface area contributed by atoms with Crippen molar-refractivity contribution in [3.05, 3.63) is 58.9 Å². The SMILES string of the molecule is COc1ccc(C2Cc3cccc(C)c3N2)cc1F. The molecule has 0 aliphatic carbocycles. The number of methoxy groups -OCH3 is 1. The molecule has 1 atom stereocenters. The molecule has 0 aromatic heterocycles. The van der Waals surface area contributed by atoms with Gasteiger partial charge in [0.15, 0.2) is 11.6 Å². The summed E-state index contributed by atoms with van der Waals surface area (Å²) >= 11 is 0. The Balaban J connectivity index is 1.91. The second-order valence-corrected chi connectivity index (χ2v) is 4.90. The van der Waals surface area contributed by atoms with Crippen LogP contribution in [0.5, 0.6) is 5.75 Å². The molecule has 0 amide bonds. The summed E-state index contributed by atoms with van der Waals surface area (Å²) in [5.74, 6) is -0.0232. The number of aryl methyl sites for hydroxylation is 1. The standard InChI is InChI=1S/C16H16FNO/c1-10-4-3-5-12-9-14(18-16(10)12)11-6-7-15(19-2)13(17)8-11/h3-8,14,18H,9H2,1-2H3. The van der Waals surface area contributed by atoms with Gasteiger partial charge in [-0.2, -0.15) is 0 Å². The Morgan fingerprint density at radius 3 is 2.79 bits per heavy atom. The van der Waals surface area contributed by atoms with Crippen LogP contribution < -0.4 is 10.1 Å². The molecule has 1 aliphatic rings. The van der Waals surface area contributed by atoms with Gasteiger partial charge < -0.3 is 10.1 Å². The van der Waals surface area contributed by atoms with Crippen LogP contribution in [0.4, 0.5) is 10.1 Å². The van der Waals surface area contributed by atoms with Gasteiger partial charge in [-0.3, -0.25) is 0 Å². The van der Waals surface area contributed by atoms with Gasteiger partial charge in [0.05, 0.1) is 13.2 Å². The molecule has 98 valence electrons. The minimum absolute atomic E-state index is 0.136. The minimum atomic E-state index is -0.311. The molecule has 2 aromatic carbocycles. The van der Waals surface area contributed by atoms with Gasteiger partial charge in [-0.15, -0.1) is 0 Å². The molecule has 2 aromatic rings. The zero-order valence-corrected chi connectivity index (χ0v) is 11.0. The fourth-order valence-electron chi connectivity index (χ4n) is 2.65. The van der Waals surface area contributed by atoms with Crippen LogP contribution in [-0.4, -0.2) is 7.11 Å². The summed E-state index contributed by atoms with van der Waals surface area (Å²) in [6.45, 7) is 2.09. The van der Waals surface area contributed by atoms with Gasteiger partial charge in [-0.1, -0.05) is 24.3 Å². The molecule has 1 unspecified atom stereocenters. The normalized spacial score (nSPS) is 16.9. The van der Waals surface area contributed by atoms with Gasteiger partial charge in [-0.05, 0) is 42.2 Å². The fraction of sp³-hybridized carbons (Fsp3) is 0.250. The number of hydrogen-bond acceptors (Lipinski definition) is 2. The van der Waals surface area contributed by atoms with E-state index in [1.54, 1.807) is 12.1 Å². The molecule has 0 radical (unpaired) electrons. The monoisotopic (exact) mass is 257 g/mol. The lowest BCUT2D eigenvalue weighted by Crippen LogP contribution is -2.06. The van der Waals surface area contributed by atoms with Crippen molar-refractivity contribution in [2.24, 2.45) is 0 Å². The third kappa shape index (κ3) is 2.05. The van der Waals surface area contributed by atoms with E-state index in [9.17, 15) is 4.39 Å². The second kappa shape index (κ2) is 4.57. The molecular formula is C16H16FNO. The van der Waals surface area contributed by atoms with E-state index in [-0.39, 0.29) is 17.6 Å². The largest absolute Gasteiger partial charge is 0.494 e. The fourth-order valence-corrected chi connectivity index (χ4v) is 2.65. The molecule has 1 aliphatic heterocycles. The maximum absolute atomic E-state index is 13.8. The Bertz CT molecular complexity index is 624. The van der Waals surface area contributed by atoms with Crippen LogP contribution in [0.15, 0.2) is 36.4 Å². The summed E-state index contributed by atoms with van der Waals surface area (Å²) in [6, 6.07) is 11.6. The van der Waals surface area contributed by atoms with Crippen LogP contribution in [0.2, 0.25) is 0 Å². The quantitative estimate of drug-likeness (QED) is 0.882. The Kier molecular flexibility index (Phi) is 2.90. The highest BCUT2D eigenvalue weighted by molar-refractivity contribution is 5.63. The van der Waals surface area contributed by atoms with E-state index in [1.807, 2.05) is 6.07 Å². The molecule has 0 saturated heterocycles. The number of benzene rings is 2. The van der Waals surface area contributed by atoms with E-state index in [2.05, 4.69) is 30.4 Å². The third-order valence-electron chi connectivity index (χ3n) is 3.68. The first-order chi connectivity index (χ1) is 9.19. The van der Waals surface area contributed by atoms with Gasteiger partial charge in [0.2, 0.25) is 0 Å². The van der Waals surface area contributed by atoms with Crippen molar-refractivity contribution < 1.29 is 9.13 Å². The molecule has 0 saturated carbocycles. The van der Waals surface area contributed by atoms with Crippen molar-refractivity contribution in [3.8, 4) is 5.75 Å². The maximum Gasteiger partial charge on any atom is 0.165 e. The topological polar surface area (TPSA) is 21.3 Å². The minimum Gasteiger partial charge on any atom is -0.494 e. The van der Waals surface area contributed by atoms with Crippen molar-refractivity contribution in [3.63, 3.8) is 0 Å². The second-order valence-electron chi connectivity index (χ2n) is 4.90. The van der Waals surface area contributed by atoms with Crippen molar-refractivity contribution in [2.45, 2.75) is 19.4 Å². The lowest BCUT2D eigenvalue weighted by Gasteiger charge is -2.13. The van der Waals surface area contributed by atoms with E-state index in [1.165, 1.54) is 23.9 Å². The van der Waals surface area contributed by atoms with E-state index in [4.69, 9.17) is 4.74 Å². The van der Waals surface area contributed by atoms with E-state index in [0.717, 1.165) is 12.0 Å². The average Bonchev–Trinajstić information content (AvgIpc) is 2.84. The summed E-state index contributed by atoms with van der Waals surface area (Å²) in [7, 11) is 1.48. The van der Waals surface area contributed by atoms with Crippen LogP contribution in [-0.2, 0) is 6.42 Å². The lowest BCUT2D eigenvalue weighted by atomic mass is 10.0. The third-order valence-corrected chi connectivity index (χ3v) is 3.68. The number of fused-ring (bicyclic) bond motifs is 1. The van der Waals surface area contributed by atoms with Crippen LogP contribution >= 0.6 is 0 Å². The number of hydrogen-bond donors (Lipinski definition) is 1. The molecule has 0 spiro atoms. The molecule has 2 nitrogen and oxygen atoms in total. The van der Waals surface area contributed by atoms with Gasteiger partial charge in [0, 0.05) is 5.69 Å².